The summed E-state index contributed by atoms with van der Waals surface area (Å²) >= 11 is 0. The topological polar surface area (TPSA) is 76.9 Å². The van der Waals surface area contributed by atoms with Crippen molar-refractivity contribution in [2.45, 2.75) is 45.2 Å². The molecule has 3 aliphatic rings. The van der Waals surface area contributed by atoms with Gasteiger partial charge in [0.1, 0.15) is 0 Å². The molecule has 5 rings (SSSR count). The molecule has 2 aromatic rings. The normalized spacial score (nSPS) is 21.3. The third-order valence-electron chi connectivity index (χ3n) is 6.57. The van der Waals surface area contributed by atoms with Crippen LogP contribution in [-0.4, -0.2) is 54.2 Å². The van der Waals surface area contributed by atoms with Gasteiger partial charge in [-0.2, -0.15) is 5.10 Å². The number of amides is 2. The maximum Gasteiger partial charge on any atom is 0.414 e. The number of nitrogens with zero attached hydrogens (tertiary/aromatic N) is 4. The zero-order valence-electron chi connectivity index (χ0n) is 18.0. The van der Waals surface area contributed by atoms with E-state index in [-0.39, 0.29) is 24.1 Å². The molecule has 0 bridgehead atoms. The van der Waals surface area contributed by atoms with Crippen LogP contribution in [0.15, 0.2) is 30.6 Å². The second-order valence-corrected chi connectivity index (χ2v) is 8.83. The van der Waals surface area contributed by atoms with Gasteiger partial charge in [0, 0.05) is 25.2 Å². The van der Waals surface area contributed by atoms with Gasteiger partial charge in [-0.25, -0.2) is 4.79 Å². The lowest BCUT2D eigenvalue weighted by Gasteiger charge is -2.40. The molecular formula is C23H28N4O4. The number of anilines is 2. The molecule has 0 N–H and O–H groups in total. The first-order chi connectivity index (χ1) is 15.0. The standard InChI is InChI=1S/C23H28N4O4/c1-15-10-25(23(29)31-12-17-4-3-5-17)22-8-18(6-7-21(22)27(15)16(2)28)19-9-24-26(11-19)20-13-30-14-20/h6-9,11,15,17,20H,3-5,10,12-14H2,1-2H3. The summed E-state index contributed by atoms with van der Waals surface area (Å²) in [5.41, 5.74) is 3.34. The molecule has 0 spiro atoms. The van der Waals surface area contributed by atoms with Crippen LogP contribution in [0.3, 0.4) is 0 Å². The molecule has 2 amide bonds. The number of benzene rings is 1. The monoisotopic (exact) mass is 424 g/mol. The molecule has 2 fully saturated rings. The highest BCUT2D eigenvalue weighted by Gasteiger charge is 2.35. The predicted octanol–water partition coefficient (Wildman–Crippen LogP) is 3.62. The predicted molar refractivity (Wildman–Crippen MR) is 116 cm³/mol. The van der Waals surface area contributed by atoms with Gasteiger partial charge in [-0.05, 0) is 43.4 Å². The Hall–Kier alpha value is -2.87. The molecule has 1 aliphatic carbocycles. The van der Waals surface area contributed by atoms with E-state index in [2.05, 4.69) is 5.10 Å². The molecule has 1 saturated heterocycles. The number of hydrogen-bond acceptors (Lipinski definition) is 5. The Kier molecular flexibility index (Phi) is 5.17. The summed E-state index contributed by atoms with van der Waals surface area (Å²) in [6, 6.07) is 5.99. The van der Waals surface area contributed by atoms with Crippen LogP contribution in [0.2, 0.25) is 0 Å². The van der Waals surface area contributed by atoms with Gasteiger partial charge in [0.25, 0.3) is 0 Å². The Bertz CT molecular complexity index is 995. The van der Waals surface area contributed by atoms with Gasteiger partial charge < -0.3 is 14.4 Å². The minimum absolute atomic E-state index is 0.0400. The number of rotatable bonds is 4. The third-order valence-corrected chi connectivity index (χ3v) is 6.57. The highest BCUT2D eigenvalue weighted by atomic mass is 16.6. The lowest BCUT2D eigenvalue weighted by atomic mass is 9.86. The molecule has 164 valence electrons. The smallest absolute Gasteiger partial charge is 0.414 e. The number of carbonyl (C=O) groups is 2. The molecule has 3 heterocycles. The molecule has 8 nitrogen and oxygen atoms in total. The van der Waals surface area contributed by atoms with E-state index in [4.69, 9.17) is 9.47 Å². The van der Waals surface area contributed by atoms with Gasteiger partial charge in [-0.1, -0.05) is 12.5 Å². The van der Waals surface area contributed by atoms with Crippen LogP contribution in [0, 0.1) is 5.92 Å². The average Bonchev–Trinajstić information content (AvgIpc) is 3.13. The first-order valence-corrected chi connectivity index (χ1v) is 11.0. The van der Waals surface area contributed by atoms with Gasteiger partial charge in [0.15, 0.2) is 0 Å². The zero-order chi connectivity index (χ0) is 21.5. The molecule has 0 radical (unpaired) electrons. The number of ether oxygens (including phenoxy) is 2. The maximum atomic E-state index is 13.0. The molecule has 2 aliphatic heterocycles. The van der Waals surface area contributed by atoms with Gasteiger partial charge in [0.2, 0.25) is 5.91 Å². The number of hydrogen-bond donors (Lipinski definition) is 0. The highest BCUT2D eigenvalue weighted by molar-refractivity contribution is 6.03. The molecule has 1 unspecified atom stereocenters. The summed E-state index contributed by atoms with van der Waals surface area (Å²) < 4.78 is 12.8. The van der Waals surface area contributed by atoms with E-state index in [0.29, 0.717) is 38.0 Å². The summed E-state index contributed by atoms with van der Waals surface area (Å²) in [6.07, 6.45) is 6.94. The van der Waals surface area contributed by atoms with Crippen LogP contribution in [0.1, 0.15) is 39.2 Å². The van der Waals surface area contributed by atoms with E-state index in [1.165, 1.54) is 6.42 Å². The second-order valence-electron chi connectivity index (χ2n) is 8.83. The van der Waals surface area contributed by atoms with Crippen molar-refractivity contribution in [1.29, 1.82) is 0 Å². The van der Waals surface area contributed by atoms with Gasteiger partial charge in [0.05, 0.1) is 49.5 Å². The lowest BCUT2D eigenvalue weighted by Crippen LogP contribution is -2.51. The van der Waals surface area contributed by atoms with Crippen LogP contribution in [0.4, 0.5) is 16.2 Å². The quantitative estimate of drug-likeness (QED) is 0.749. The van der Waals surface area contributed by atoms with Gasteiger partial charge >= 0.3 is 6.09 Å². The van der Waals surface area contributed by atoms with E-state index in [0.717, 1.165) is 29.7 Å². The van der Waals surface area contributed by atoms with Crippen LogP contribution >= 0.6 is 0 Å². The van der Waals surface area contributed by atoms with Crippen molar-refractivity contribution in [1.82, 2.24) is 9.78 Å². The van der Waals surface area contributed by atoms with Crippen molar-refractivity contribution in [2.75, 3.05) is 36.2 Å². The zero-order valence-corrected chi connectivity index (χ0v) is 18.0. The lowest BCUT2D eigenvalue weighted by molar-refractivity contribution is -0.117. The van der Waals surface area contributed by atoms with Crippen molar-refractivity contribution < 1.29 is 19.1 Å². The molecule has 31 heavy (non-hydrogen) atoms. The van der Waals surface area contributed by atoms with Crippen LogP contribution < -0.4 is 9.80 Å². The molecular weight excluding hydrogens is 396 g/mol. The van der Waals surface area contributed by atoms with Gasteiger partial charge in [-0.15, -0.1) is 0 Å². The van der Waals surface area contributed by atoms with E-state index < -0.39 is 0 Å². The van der Waals surface area contributed by atoms with Crippen molar-refractivity contribution in [3.05, 3.63) is 30.6 Å². The second kappa shape index (κ2) is 8.00. The SMILES string of the molecule is CC(=O)N1c2ccc(-c3cnn(C4COC4)c3)cc2N(C(=O)OCC2CCC2)CC1C. The van der Waals surface area contributed by atoms with Crippen molar-refractivity contribution >= 4 is 23.4 Å². The van der Waals surface area contributed by atoms with Crippen LogP contribution in [-0.2, 0) is 14.3 Å². The summed E-state index contributed by atoms with van der Waals surface area (Å²) in [7, 11) is 0. The number of fused-ring (bicyclic) bond motifs is 1. The summed E-state index contributed by atoms with van der Waals surface area (Å²) in [6.45, 7) is 5.73. The van der Waals surface area contributed by atoms with Crippen molar-refractivity contribution in [3.8, 4) is 11.1 Å². The fourth-order valence-electron chi connectivity index (χ4n) is 4.45. The van der Waals surface area contributed by atoms with Crippen LogP contribution in [0.5, 0.6) is 0 Å². The van der Waals surface area contributed by atoms with Crippen LogP contribution in [0.25, 0.3) is 11.1 Å². The van der Waals surface area contributed by atoms with Crippen molar-refractivity contribution in [3.63, 3.8) is 0 Å². The summed E-state index contributed by atoms with van der Waals surface area (Å²) in [4.78, 5) is 28.8. The minimum atomic E-state index is -0.345. The van der Waals surface area contributed by atoms with E-state index in [1.807, 2.05) is 42.2 Å². The molecule has 1 atom stereocenters. The van der Waals surface area contributed by atoms with Gasteiger partial charge in [-0.3, -0.25) is 14.4 Å². The van der Waals surface area contributed by atoms with E-state index in [1.54, 1.807) is 16.7 Å². The third kappa shape index (κ3) is 3.69. The van der Waals surface area contributed by atoms with E-state index in [9.17, 15) is 9.59 Å². The Morgan fingerprint density at radius 1 is 1.19 bits per heavy atom. The largest absolute Gasteiger partial charge is 0.449 e. The number of carbonyl (C=O) groups excluding carboxylic acids is 2. The highest BCUT2D eigenvalue weighted by Crippen LogP contribution is 2.39. The Morgan fingerprint density at radius 2 is 2.00 bits per heavy atom. The average molecular weight is 425 g/mol. The Balaban J connectivity index is 1.46. The molecule has 1 aromatic carbocycles. The van der Waals surface area contributed by atoms with E-state index >= 15 is 0 Å². The maximum absolute atomic E-state index is 13.0. The van der Waals surface area contributed by atoms with Crippen molar-refractivity contribution in [2.24, 2.45) is 5.92 Å². The first-order valence-electron chi connectivity index (χ1n) is 11.0. The summed E-state index contributed by atoms with van der Waals surface area (Å²) in [5.74, 6) is 0.439. The Morgan fingerprint density at radius 3 is 2.65 bits per heavy atom. The first kappa shape index (κ1) is 20.1. The molecule has 8 heteroatoms. The fourth-order valence-corrected chi connectivity index (χ4v) is 4.45. The fraction of sp³-hybridized carbons (Fsp3) is 0.522. The summed E-state index contributed by atoms with van der Waals surface area (Å²) in [5, 5.41) is 4.47. The molecule has 1 saturated carbocycles. The number of aromatic nitrogens is 2. The minimum Gasteiger partial charge on any atom is -0.449 e. The Labute approximate surface area is 181 Å². The molecule has 1 aromatic heterocycles.